The number of H-pyrrole nitrogens is 1. The average Bonchev–Trinajstić information content (AvgIpc) is 4.01. The summed E-state index contributed by atoms with van der Waals surface area (Å²) in [6, 6.07) is 20.7. The van der Waals surface area contributed by atoms with Gasteiger partial charge in [0.1, 0.15) is 24.1 Å². The van der Waals surface area contributed by atoms with Gasteiger partial charge in [-0.2, -0.15) is 4.98 Å². The van der Waals surface area contributed by atoms with Crippen molar-refractivity contribution in [1.29, 1.82) is 0 Å². The monoisotopic (exact) mass is 988 g/mol. The molecule has 6 heterocycles. The average molecular weight is 989 g/mol. The standard InChI is InChI=1S/C53H64N8O9S/c1-32(2)39-7-4-5-8-40(39)43-9-6-20-60(43)36-27-53(28-36)17-21-59(22-18-53)35-10-11-41(45(24-35)70-47-23-34-14-19-55-49(34)57-51(47)69-37-29-54-30-37)50(62)58-71(66,67)38-25-44(61(64)65)48-46(26-38)68-31-42(56-48)33-12-15-52(3,63)16-13-33/h4-5,7-8,10-11,14,19,23-26,32-33,36-37,42-43,54,56,63H,6,9,12-13,15-18,20-22,27-31H2,1-3H3,(H,55,57)(H,58,62)/t33-,42-,43-,52-/m1/s1. The number of carbonyl (C=O) groups excluding carboxylic acids is 1. The van der Waals surface area contributed by atoms with Crippen molar-refractivity contribution in [2.24, 2.45) is 11.3 Å². The van der Waals surface area contributed by atoms with Gasteiger partial charge in [0.05, 0.1) is 27.0 Å². The first-order chi connectivity index (χ1) is 34.1. The summed E-state index contributed by atoms with van der Waals surface area (Å²) in [5.74, 6) is 0.142. The smallest absolute Gasteiger partial charge is 0.297 e. The molecule has 3 aromatic carbocycles. The van der Waals surface area contributed by atoms with Crippen molar-refractivity contribution in [2.45, 2.75) is 126 Å². The van der Waals surface area contributed by atoms with E-state index in [1.165, 1.54) is 42.9 Å². The van der Waals surface area contributed by atoms with Gasteiger partial charge in [0, 0.05) is 73.7 Å². The van der Waals surface area contributed by atoms with Crippen molar-refractivity contribution in [3.05, 3.63) is 99.7 Å². The van der Waals surface area contributed by atoms with Gasteiger partial charge in [-0.25, -0.2) is 13.1 Å². The minimum Gasteiger partial charge on any atom is -0.489 e. The lowest BCUT2D eigenvalue weighted by atomic mass is 9.59. The molecule has 18 heteroatoms. The lowest BCUT2D eigenvalue weighted by molar-refractivity contribution is -0.384. The third-order valence-electron chi connectivity index (χ3n) is 16.4. The maximum Gasteiger partial charge on any atom is 0.297 e. The van der Waals surface area contributed by atoms with Crippen LogP contribution in [0, 0.1) is 21.4 Å². The summed E-state index contributed by atoms with van der Waals surface area (Å²) in [6.45, 7) is 10.5. The van der Waals surface area contributed by atoms with Crippen LogP contribution in [0.1, 0.15) is 118 Å². The largest absolute Gasteiger partial charge is 0.489 e. The summed E-state index contributed by atoms with van der Waals surface area (Å²) < 4.78 is 49.4. The Hall–Kier alpha value is -5.95. The number of likely N-dealkylation sites (tertiary alicyclic amines) is 1. The first-order valence-electron chi connectivity index (χ1n) is 25.4. The van der Waals surface area contributed by atoms with Gasteiger partial charge in [-0.15, -0.1) is 0 Å². The molecule has 2 aromatic heterocycles. The minimum absolute atomic E-state index is 0.00492. The van der Waals surface area contributed by atoms with Crippen LogP contribution in [0.4, 0.5) is 17.1 Å². The predicted octanol–water partition coefficient (Wildman–Crippen LogP) is 8.56. The minimum atomic E-state index is -4.71. The van der Waals surface area contributed by atoms with E-state index < -0.39 is 37.0 Å². The summed E-state index contributed by atoms with van der Waals surface area (Å²) in [7, 11) is -4.71. The number of aromatic amines is 1. The van der Waals surface area contributed by atoms with Gasteiger partial charge in [0.2, 0.25) is 0 Å². The molecular weight excluding hydrogens is 925 g/mol. The number of piperidine rings is 1. The number of carbonyl (C=O) groups is 1. The number of aliphatic hydroxyl groups is 1. The van der Waals surface area contributed by atoms with E-state index in [9.17, 15) is 28.4 Å². The normalized spacial score (nSPS) is 24.7. The molecule has 2 saturated carbocycles. The number of nitrogens with zero attached hydrogens (tertiary/aromatic N) is 4. The molecule has 1 amide bonds. The molecule has 5 aromatic rings. The van der Waals surface area contributed by atoms with E-state index in [0.717, 1.165) is 49.6 Å². The number of benzene rings is 3. The van der Waals surface area contributed by atoms with Crippen LogP contribution in [0.3, 0.4) is 0 Å². The van der Waals surface area contributed by atoms with Gasteiger partial charge in [-0.05, 0) is 130 Å². The molecule has 0 unspecified atom stereocenters. The van der Waals surface area contributed by atoms with E-state index in [-0.39, 0.29) is 64.5 Å². The molecule has 4 aliphatic heterocycles. The van der Waals surface area contributed by atoms with Gasteiger partial charge in [0.25, 0.3) is 27.5 Å². The number of rotatable bonds is 13. The fourth-order valence-electron chi connectivity index (χ4n) is 12.1. The van der Waals surface area contributed by atoms with Crippen LogP contribution in [0.2, 0.25) is 0 Å². The van der Waals surface area contributed by atoms with Crippen molar-refractivity contribution in [2.75, 3.05) is 49.5 Å². The Kier molecular flexibility index (Phi) is 12.4. The van der Waals surface area contributed by atoms with Crippen molar-refractivity contribution >= 4 is 44.0 Å². The SMILES string of the molecule is CC(C)c1ccccc1[C@H]1CCCN1C1CC2(CCN(c3ccc(C(=O)NS(=O)(=O)c4cc5c(c([N+](=O)[O-])c4)N[C@@H]([C@H]4CC[C@](C)(O)CC4)CO5)c(Oc4cc5cc[nH]c5nc4OC4CNC4)c3)CC2)C1. The fourth-order valence-corrected chi connectivity index (χ4v) is 13.1. The molecule has 0 radical (unpaired) electrons. The van der Waals surface area contributed by atoms with E-state index in [2.05, 4.69) is 68.3 Å². The second kappa shape index (κ2) is 18.6. The van der Waals surface area contributed by atoms with E-state index >= 15 is 0 Å². The van der Waals surface area contributed by atoms with Crippen LogP contribution >= 0.6 is 0 Å². The lowest BCUT2D eigenvalue weighted by Gasteiger charge is -2.56. The molecule has 5 fully saturated rings. The van der Waals surface area contributed by atoms with Gasteiger partial charge in [-0.1, -0.05) is 38.1 Å². The Balaban J connectivity index is 0.837. The number of hydrogen-bond donors (Lipinski definition) is 5. The number of nitro benzene ring substituents is 1. The zero-order valence-electron chi connectivity index (χ0n) is 40.6. The van der Waals surface area contributed by atoms with Gasteiger partial charge >= 0.3 is 0 Å². The Morgan fingerprint density at radius 1 is 0.986 bits per heavy atom. The number of pyridine rings is 1. The van der Waals surface area contributed by atoms with Gasteiger partial charge in [0.15, 0.2) is 17.2 Å². The quantitative estimate of drug-likeness (QED) is 0.0553. The van der Waals surface area contributed by atoms with E-state index in [1.54, 1.807) is 24.4 Å². The Morgan fingerprint density at radius 2 is 1.76 bits per heavy atom. The van der Waals surface area contributed by atoms with Crippen LogP contribution in [-0.4, -0.2) is 102 Å². The molecule has 6 aliphatic rings. The predicted molar refractivity (Wildman–Crippen MR) is 269 cm³/mol. The van der Waals surface area contributed by atoms with Crippen LogP contribution in [0.15, 0.2) is 77.8 Å². The van der Waals surface area contributed by atoms with Crippen molar-refractivity contribution in [3.63, 3.8) is 0 Å². The number of anilines is 2. The number of ether oxygens (including phenoxy) is 3. The molecule has 71 heavy (non-hydrogen) atoms. The summed E-state index contributed by atoms with van der Waals surface area (Å²) in [5.41, 5.74) is 3.38. The highest BCUT2D eigenvalue weighted by Gasteiger charge is 2.50. The summed E-state index contributed by atoms with van der Waals surface area (Å²) in [6.07, 6.45) is 11.0. The fraction of sp³-hybridized carbons (Fsp3) is 0.509. The lowest BCUT2D eigenvalue weighted by Crippen LogP contribution is -2.54. The number of hydrogen-bond acceptors (Lipinski definition) is 14. The molecule has 2 aliphatic carbocycles. The highest BCUT2D eigenvalue weighted by atomic mass is 32.2. The molecule has 0 bridgehead atoms. The molecule has 3 saturated heterocycles. The zero-order chi connectivity index (χ0) is 49.2. The number of amides is 1. The Labute approximate surface area is 414 Å². The van der Waals surface area contributed by atoms with Gasteiger partial charge in [-0.3, -0.25) is 19.8 Å². The highest BCUT2D eigenvalue weighted by Crippen LogP contribution is 2.54. The number of sulfonamides is 1. The third-order valence-corrected chi connectivity index (χ3v) is 17.7. The van der Waals surface area contributed by atoms with Crippen molar-refractivity contribution in [1.82, 2.24) is 24.9 Å². The second-order valence-electron chi connectivity index (χ2n) is 21.5. The van der Waals surface area contributed by atoms with Crippen molar-refractivity contribution < 1.29 is 37.5 Å². The maximum absolute atomic E-state index is 14.4. The van der Waals surface area contributed by atoms with E-state index in [4.69, 9.17) is 19.2 Å². The third kappa shape index (κ3) is 9.39. The molecule has 17 nitrogen and oxygen atoms in total. The van der Waals surface area contributed by atoms with Crippen molar-refractivity contribution in [3.8, 4) is 23.1 Å². The first kappa shape index (κ1) is 47.4. The molecule has 11 rings (SSSR count). The number of aromatic nitrogens is 2. The second-order valence-corrected chi connectivity index (χ2v) is 23.2. The van der Waals surface area contributed by atoms with E-state index in [0.29, 0.717) is 62.4 Å². The number of nitrogens with one attached hydrogen (secondary N) is 4. The van der Waals surface area contributed by atoms with Gasteiger partial charge < -0.3 is 39.8 Å². The first-order valence-corrected chi connectivity index (χ1v) is 26.9. The molecule has 376 valence electrons. The highest BCUT2D eigenvalue weighted by molar-refractivity contribution is 7.90. The van der Waals surface area contributed by atoms with Crippen LogP contribution in [-0.2, 0) is 10.0 Å². The summed E-state index contributed by atoms with van der Waals surface area (Å²) in [5, 5.41) is 30.2. The summed E-state index contributed by atoms with van der Waals surface area (Å²) >= 11 is 0. The van der Waals surface area contributed by atoms with Crippen LogP contribution < -0.4 is 34.5 Å². The van der Waals surface area contributed by atoms with Crippen LogP contribution in [0.25, 0.3) is 11.0 Å². The molecule has 1 spiro atoms. The van der Waals surface area contributed by atoms with E-state index in [1.807, 2.05) is 19.1 Å². The number of fused-ring (bicyclic) bond motifs is 2. The number of nitro groups is 1. The molecule has 2 atom stereocenters. The topological polar surface area (TPSA) is 214 Å². The molecular formula is C53H64N8O9S. The van der Waals surface area contributed by atoms with Crippen LogP contribution in [0.5, 0.6) is 23.1 Å². The maximum atomic E-state index is 14.4. The molecule has 5 N–H and O–H groups in total. The summed E-state index contributed by atoms with van der Waals surface area (Å²) in [4.78, 5) is 38.6. The zero-order valence-corrected chi connectivity index (χ0v) is 41.4. The Morgan fingerprint density at radius 3 is 2.49 bits per heavy atom. The Bertz CT molecular complexity index is 2950.